The largest absolute Gasteiger partial charge is 0.497 e. The zero-order valence-corrected chi connectivity index (χ0v) is 20.1. The molecule has 0 spiro atoms. The lowest BCUT2D eigenvalue weighted by Crippen LogP contribution is -2.06. The van der Waals surface area contributed by atoms with Crippen LogP contribution in [-0.4, -0.2) is 46.3 Å². The van der Waals surface area contributed by atoms with Crippen molar-refractivity contribution < 1.29 is 32.9 Å². The maximum absolute atomic E-state index is 13.9. The lowest BCUT2D eigenvalue weighted by molar-refractivity contribution is 0.105. The summed E-state index contributed by atoms with van der Waals surface area (Å²) in [7, 11) is 7.60. The number of benzene rings is 3. The predicted octanol–water partition coefficient (Wildman–Crippen LogP) is 5.29. The Bertz CT molecular complexity index is 1350. The molecule has 0 atom stereocenters. The number of ketones is 1. The van der Waals surface area contributed by atoms with Gasteiger partial charge in [-0.05, 0) is 48.5 Å². The van der Waals surface area contributed by atoms with Gasteiger partial charge in [0.25, 0.3) is 0 Å². The van der Waals surface area contributed by atoms with Crippen LogP contribution < -0.4 is 23.7 Å². The van der Waals surface area contributed by atoms with Crippen molar-refractivity contribution in [1.29, 1.82) is 0 Å². The maximum Gasteiger partial charge on any atom is 0.231 e. The molecule has 0 aliphatic carbocycles. The van der Waals surface area contributed by atoms with Crippen molar-refractivity contribution in [2.75, 3.05) is 35.5 Å². The summed E-state index contributed by atoms with van der Waals surface area (Å²) >= 11 is 0. The van der Waals surface area contributed by atoms with E-state index in [-0.39, 0.29) is 17.2 Å². The molecule has 0 radical (unpaired) electrons. The summed E-state index contributed by atoms with van der Waals surface area (Å²) in [6.07, 6.45) is 1.66. The van der Waals surface area contributed by atoms with Crippen molar-refractivity contribution in [3.05, 3.63) is 71.6 Å². The van der Waals surface area contributed by atoms with Crippen LogP contribution in [0.2, 0.25) is 0 Å². The fraction of sp³-hybridized carbons (Fsp3) is 0.185. The number of oxazole rings is 1. The highest BCUT2D eigenvalue weighted by atomic mass is 16.5. The van der Waals surface area contributed by atoms with E-state index in [1.807, 2.05) is 18.2 Å². The van der Waals surface area contributed by atoms with Gasteiger partial charge in [-0.25, -0.2) is 4.98 Å². The van der Waals surface area contributed by atoms with Gasteiger partial charge >= 0.3 is 0 Å². The van der Waals surface area contributed by atoms with Crippen molar-refractivity contribution >= 4 is 28.5 Å². The molecule has 8 heteroatoms. The Morgan fingerprint density at radius 3 is 2.09 bits per heavy atom. The highest BCUT2D eigenvalue weighted by Gasteiger charge is 2.24. The van der Waals surface area contributed by atoms with Crippen LogP contribution in [0.5, 0.6) is 28.7 Å². The average Bonchev–Trinajstić information content (AvgIpc) is 3.34. The molecule has 0 saturated heterocycles. The summed E-state index contributed by atoms with van der Waals surface area (Å²) in [5.41, 5.74) is 2.31. The van der Waals surface area contributed by atoms with Crippen molar-refractivity contribution in [2.45, 2.75) is 0 Å². The summed E-state index contributed by atoms with van der Waals surface area (Å²) in [6, 6.07) is 15.8. The Balaban J connectivity index is 1.94. The van der Waals surface area contributed by atoms with Crippen LogP contribution >= 0.6 is 0 Å². The minimum absolute atomic E-state index is 0.162. The molecule has 8 nitrogen and oxygen atoms in total. The number of carbonyl (C=O) groups excluding carboxylic acids is 1. The number of Topliss-reactive ketones (excluding diaryl/α,β-unsaturated/α-hetero) is 1. The molecule has 180 valence electrons. The Hall–Kier alpha value is -4.46. The summed E-state index contributed by atoms with van der Waals surface area (Å²) < 4.78 is 33.1. The van der Waals surface area contributed by atoms with E-state index in [2.05, 4.69) is 4.98 Å². The van der Waals surface area contributed by atoms with Gasteiger partial charge in [-0.3, -0.25) is 4.79 Å². The molecule has 0 fully saturated rings. The van der Waals surface area contributed by atoms with Gasteiger partial charge in [-0.15, -0.1) is 0 Å². The zero-order valence-electron chi connectivity index (χ0n) is 20.1. The van der Waals surface area contributed by atoms with E-state index in [1.165, 1.54) is 21.3 Å². The molecule has 1 aromatic heterocycles. The lowest BCUT2D eigenvalue weighted by Gasteiger charge is -2.14. The first-order chi connectivity index (χ1) is 17.0. The van der Waals surface area contributed by atoms with E-state index in [4.69, 9.17) is 28.1 Å². The summed E-state index contributed by atoms with van der Waals surface area (Å²) in [5, 5.41) is 0. The molecule has 0 amide bonds. The topological polar surface area (TPSA) is 89.3 Å². The van der Waals surface area contributed by atoms with Crippen molar-refractivity contribution in [2.24, 2.45) is 0 Å². The standard InChI is InChI=1S/C27H25NO7/c1-30-18-10-11-21(31-2)16(12-18)13-19(27-28-20-8-6-7-9-22(20)35-27)25(29)17-14-23(32-3)26(34-5)24(15-17)33-4/h6-15H,1-5H3. The lowest BCUT2D eigenvalue weighted by atomic mass is 9.99. The number of ether oxygens (including phenoxy) is 5. The molecule has 1 heterocycles. The molecule has 0 N–H and O–H groups in total. The molecule has 0 saturated carbocycles. The van der Waals surface area contributed by atoms with Gasteiger partial charge in [-0.1, -0.05) is 12.1 Å². The molecular weight excluding hydrogens is 450 g/mol. The van der Waals surface area contributed by atoms with Gasteiger partial charge in [0.1, 0.15) is 17.0 Å². The minimum atomic E-state index is -0.360. The van der Waals surface area contributed by atoms with Crippen LogP contribution in [0.4, 0.5) is 0 Å². The highest BCUT2D eigenvalue weighted by molar-refractivity contribution is 6.32. The van der Waals surface area contributed by atoms with E-state index in [0.717, 1.165) is 0 Å². The average molecular weight is 475 g/mol. The quantitative estimate of drug-likeness (QED) is 0.238. The molecule has 0 aliphatic heterocycles. The smallest absolute Gasteiger partial charge is 0.231 e. The number of aromatic nitrogens is 1. The Morgan fingerprint density at radius 2 is 1.49 bits per heavy atom. The van der Waals surface area contributed by atoms with E-state index in [1.54, 1.807) is 56.7 Å². The first kappa shape index (κ1) is 23.7. The van der Waals surface area contributed by atoms with Crippen LogP contribution in [-0.2, 0) is 0 Å². The van der Waals surface area contributed by atoms with E-state index in [9.17, 15) is 4.79 Å². The van der Waals surface area contributed by atoms with E-state index in [0.29, 0.717) is 51.0 Å². The highest BCUT2D eigenvalue weighted by Crippen LogP contribution is 2.40. The second-order valence-corrected chi connectivity index (χ2v) is 7.40. The predicted molar refractivity (Wildman–Crippen MR) is 132 cm³/mol. The number of hydrogen-bond acceptors (Lipinski definition) is 8. The number of fused-ring (bicyclic) bond motifs is 1. The van der Waals surface area contributed by atoms with Crippen molar-refractivity contribution in [1.82, 2.24) is 4.98 Å². The number of para-hydroxylation sites is 2. The normalized spacial score (nSPS) is 11.3. The third kappa shape index (κ3) is 4.63. The molecule has 3 aromatic carbocycles. The summed E-state index contributed by atoms with van der Waals surface area (Å²) in [6.45, 7) is 0. The number of nitrogens with zero attached hydrogens (tertiary/aromatic N) is 1. The Morgan fingerprint density at radius 1 is 0.800 bits per heavy atom. The number of rotatable bonds is 9. The van der Waals surface area contributed by atoms with Crippen LogP contribution in [0.1, 0.15) is 21.8 Å². The second-order valence-electron chi connectivity index (χ2n) is 7.40. The van der Waals surface area contributed by atoms with Crippen LogP contribution in [0.15, 0.2) is 59.0 Å². The number of carbonyl (C=O) groups is 1. The Labute approximate surface area is 202 Å². The first-order valence-corrected chi connectivity index (χ1v) is 10.7. The van der Waals surface area contributed by atoms with E-state index >= 15 is 0 Å². The first-order valence-electron chi connectivity index (χ1n) is 10.7. The molecule has 0 bridgehead atoms. The minimum Gasteiger partial charge on any atom is -0.497 e. The van der Waals surface area contributed by atoms with Crippen LogP contribution in [0.3, 0.4) is 0 Å². The van der Waals surface area contributed by atoms with Gasteiger partial charge in [0.2, 0.25) is 11.6 Å². The summed E-state index contributed by atoms with van der Waals surface area (Å²) in [4.78, 5) is 18.5. The number of hydrogen-bond donors (Lipinski definition) is 0. The van der Waals surface area contributed by atoms with Gasteiger partial charge in [0, 0.05) is 11.1 Å². The molecule has 4 rings (SSSR count). The van der Waals surface area contributed by atoms with Gasteiger partial charge in [0.15, 0.2) is 22.9 Å². The van der Waals surface area contributed by atoms with Crippen molar-refractivity contribution in [3.63, 3.8) is 0 Å². The van der Waals surface area contributed by atoms with Gasteiger partial charge in [0.05, 0.1) is 41.1 Å². The number of methoxy groups -OCH3 is 5. The fourth-order valence-corrected chi connectivity index (χ4v) is 3.69. The molecular formula is C27H25NO7. The van der Waals surface area contributed by atoms with Crippen LogP contribution in [0, 0.1) is 0 Å². The van der Waals surface area contributed by atoms with Gasteiger partial charge in [-0.2, -0.15) is 0 Å². The zero-order chi connectivity index (χ0) is 24.9. The molecule has 35 heavy (non-hydrogen) atoms. The number of allylic oxidation sites excluding steroid dienone is 1. The molecule has 0 aliphatic rings. The maximum atomic E-state index is 13.9. The fourth-order valence-electron chi connectivity index (χ4n) is 3.69. The third-order valence-corrected chi connectivity index (χ3v) is 5.43. The van der Waals surface area contributed by atoms with Crippen molar-refractivity contribution in [3.8, 4) is 28.7 Å². The third-order valence-electron chi connectivity index (χ3n) is 5.43. The summed E-state index contributed by atoms with van der Waals surface area (Å²) in [5.74, 6) is 2.05. The Kier molecular flexibility index (Phi) is 6.91. The second kappa shape index (κ2) is 10.2. The SMILES string of the molecule is COc1ccc(OC)c(C=C(C(=O)c2cc(OC)c(OC)c(OC)c2)c2nc3ccccc3o2)c1. The molecule has 4 aromatic rings. The molecule has 0 unspecified atom stereocenters. The van der Waals surface area contributed by atoms with Gasteiger partial charge < -0.3 is 28.1 Å². The van der Waals surface area contributed by atoms with Crippen LogP contribution in [0.25, 0.3) is 22.7 Å². The van der Waals surface area contributed by atoms with E-state index < -0.39 is 0 Å². The monoisotopic (exact) mass is 475 g/mol.